The summed E-state index contributed by atoms with van der Waals surface area (Å²) in [5.41, 5.74) is 2.00. The fourth-order valence-corrected chi connectivity index (χ4v) is 3.95. The Morgan fingerprint density at radius 1 is 1.25 bits per heavy atom. The first kappa shape index (κ1) is 15.6. The highest BCUT2D eigenvalue weighted by Gasteiger charge is 2.12. The van der Waals surface area contributed by atoms with Crippen LogP contribution in [0.3, 0.4) is 0 Å². The number of rotatable bonds is 4. The molecule has 20 heavy (non-hydrogen) atoms. The van der Waals surface area contributed by atoms with Crippen molar-refractivity contribution < 1.29 is 13.9 Å². The number of hydrazine groups is 1. The van der Waals surface area contributed by atoms with Gasteiger partial charge in [-0.1, -0.05) is 15.9 Å². The molecule has 8 heteroatoms. The molecule has 0 aliphatic rings. The van der Waals surface area contributed by atoms with Crippen LogP contribution in [0.25, 0.3) is 0 Å². The van der Waals surface area contributed by atoms with Crippen molar-refractivity contribution in [1.82, 2.24) is 5.43 Å². The van der Waals surface area contributed by atoms with Crippen molar-refractivity contribution in [3.8, 4) is 5.75 Å². The lowest BCUT2D eigenvalue weighted by molar-refractivity contribution is 0.0922. The summed E-state index contributed by atoms with van der Waals surface area (Å²) in [6, 6.07) is 6.93. The summed E-state index contributed by atoms with van der Waals surface area (Å²) in [6.07, 6.45) is 0. The first-order valence-corrected chi connectivity index (χ1v) is 7.76. The SMILES string of the molecule is NNC(=O)c1ccc(COc2c(Br)cc(Br)cc2Br)o1. The van der Waals surface area contributed by atoms with Crippen molar-refractivity contribution in [2.24, 2.45) is 5.84 Å². The van der Waals surface area contributed by atoms with E-state index in [1.165, 1.54) is 6.07 Å². The number of hydrogen-bond donors (Lipinski definition) is 2. The molecule has 1 heterocycles. The van der Waals surface area contributed by atoms with E-state index in [1.54, 1.807) is 6.07 Å². The van der Waals surface area contributed by atoms with Gasteiger partial charge in [0.25, 0.3) is 0 Å². The molecule has 0 atom stereocenters. The van der Waals surface area contributed by atoms with Crippen molar-refractivity contribution in [2.75, 3.05) is 0 Å². The number of nitrogens with one attached hydrogen (secondary N) is 1. The highest BCUT2D eigenvalue weighted by Crippen LogP contribution is 2.36. The summed E-state index contributed by atoms with van der Waals surface area (Å²) in [7, 11) is 0. The fraction of sp³-hybridized carbons (Fsp3) is 0.0833. The quantitative estimate of drug-likeness (QED) is 0.407. The van der Waals surface area contributed by atoms with Crippen LogP contribution in [0.2, 0.25) is 0 Å². The molecule has 0 aliphatic carbocycles. The molecule has 0 saturated carbocycles. The maximum Gasteiger partial charge on any atom is 0.300 e. The minimum Gasteiger partial charge on any atom is -0.483 e. The molecule has 1 aromatic heterocycles. The lowest BCUT2D eigenvalue weighted by atomic mass is 10.3. The molecule has 0 fully saturated rings. The Morgan fingerprint density at radius 2 is 1.90 bits per heavy atom. The maximum atomic E-state index is 11.3. The van der Waals surface area contributed by atoms with Gasteiger partial charge < -0.3 is 9.15 Å². The molecule has 0 unspecified atom stereocenters. The Balaban J connectivity index is 2.09. The number of furan rings is 1. The summed E-state index contributed by atoms with van der Waals surface area (Å²) < 4.78 is 13.5. The number of carbonyl (C=O) groups is 1. The highest BCUT2D eigenvalue weighted by molar-refractivity contribution is 9.11. The third kappa shape index (κ3) is 3.63. The number of hydrogen-bond acceptors (Lipinski definition) is 4. The van der Waals surface area contributed by atoms with Gasteiger partial charge in [-0.2, -0.15) is 0 Å². The predicted octanol–water partition coefficient (Wildman–Crippen LogP) is 3.75. The van der Waals surface area contributed by atoms with Gasteiger partial charge in [0, 0.05) is 4.47 Å². The van der Waals surface area contributed by atoms with Gasteiger partial charge in [0.15, 0.2) is 5.76 Å². The molecule has 0 aliphatic heterocycles. The Morgan fingerprint density at radius 3 is 2.50 bits per heavy atom. The van der Waals surface area contributed by atoms with Crippen LogP contribution in [0.5, 0.6) is 5.75 Å². The van der Waals surface area contributed by atoms with Crippen LogP contribution in [0, 0.1) is 0 Å². The smallest absolute Gasteiger partial charge is 0.300 e. The number of amides is 1. The lowest BCUT2D eigenvalue weighted by Crippen LogP contribution is -2.29. The van der Waals surface area contributed by atoms with Gasteiger partial charge in [-0.25, -0.2) is 5.84 Å². The molecule has 1 aromatic carbocycles. The Hall–Kier alpha value is -0.830. The number of carbonyl (C=O) groups excluding carboxylic acids is 1. The van der Waals surface area contributed by atoms with Crippen molar-refractivity contribution in [1.29, 1.82) is 0 Å². The van der Waals surface area contributed by atoms with Gasteiger partial charge >= 0.3 is 5.91 Å². The number of benzene rings is 1. The second-order valence-corrected chi connectivity index (χ2v) is 6.35. The Bertz CT molecular complexity index is 620. The Labute approximate surface area is 140 Å². The summed E-state index contributed by atoms with van der Waals surface area (Å²) in [4.78, 5) is 11.3. The summed E-state index contributed by atoms with van der Waals surface area (Å²) in [5.74, 6) is 5.85. The number of halogens is 3. The summed E-state index contributed by atoms with van der Waals surface area (Å²) in [6.45, 7) is 0.191. The van der Waals surface area contributed by atoms with Gasteiger partial charge in [0.1, 0.15) is 18.1 Å². The molecule has 1 amide bonds. The average molecular weight is 469 g/mol. The van der Waals surface area contributed by atoms with E-state index in [2.05, 4.69) is 47.8 Å². The van der Waals surface area contributed by atoms with E-state index in [1.807, 2.05) is 17.6 Å². The third-order valence-electron chi connectivity index (χ3n) is 2.34. The molecule has 0 saturated heterocycles. The second-order valence-electron chi connectivity index (χ2n) is 3.73. The van der Waals surface area contributed by atoms with E-state index in [0.29, 0.717) is 11.5 Å². The van der Waals surface area contributed by atoms with E-state index >= 15 is 0 Å². The molecule has 5 nitrogen and oxygen atoms in total. The van der Waals surface area contributed by atoms with E-state index in [4.69, 9.17) is 15.0 Å². The lowest BCUT2D eigenvalue weighted by Gasteiger charge is -2.09. The average Bonchev–Trinajstić information content (AvgIpc) is 2.85. The largest absolute Gasteiger partial charge is 0.483 e. The predicted molar refractivity (Wildman–Crippen MR) is 84.2 cm³/mol. The molecular weight excluding hydrogens is 460 g/mol. The standard InChI is InChI=1S/C12H9Br3N2O3/c13-6-3-8(14)11(9(15)4-6)19-5-7-1-2-10(20-7)12(18)17-16/h1-4H,5,16H2,(H,17,18). The normalized spacial score (nSPS) is 10.4. The maximum absolute atomic E-state index is 11.3. The molecular formula is C12H9Br3N2O3. The van der Waals surface area contributed by atoms with E-state index in [-0.39, 0.29) is 12.4 Å². The number of nitrogens with two attached hydrogens (primary N) is 1. The van der Waals surface area contributed by atoms with Crippen LogP contribution >= 0.6 is 47.8 Å². The van der Waals surface area contributed by atoms with Gasteiger partial charge in [0.05, 0.1) is 8.95 Å². The van der Waals surface area contributed by atoms with Gasteiger partial charge in [-0.05, 0) is 56.1 Å². The molecule has 2 aromatic rings. The zero-order valence-corrected chi connectivity index (χ0v) is 14.7. The zero-order valence-electron chi connectivity index (χ0n) is 9.95. The summed E-state index contributed by atoms with van der Waals surface area (Å²) >= 11 is 10.2. The number of ether oxygens (including phenoxy) is 1. The molecule has 0 bridgehead atoms. The molecule has 2 rings (SSSR count). The fourth-order valence-electron chi connectivity index (χ4n) is 1.46. The monoisotopic (exact) mass is 466 g/mol. The summed E-state index contributed by atoms with van der Waals surface area (Å²) in [5, 5.41) is 0. The molecule has 106 valence electrons. The minimum absolute atomic E-state index is 0.139. The van der Waals surface area contributed by atoms with Gasteiger partial charge in [-0.3, -0.25) is 10.2 Å². The van der Waals surface area contributed by atoms with Crippen molar-refractivity contribution in [2.45, 2.75) is 6.61 Å². The number of nitrogen functional groups attached to an aromatic ring is 1. The van der Waals surface area contributed by atoms with Crippen molar-refractivity contribution in [3.63, 3.8) is 0 Å². The van der Waals surface area contributed by atoms with Gasteiger partial charge in [-0.15, -0.1) is 0 Å². The van der Waals surface area contributed by atoms with Crippen LogP contribution < -0.4 is 16.0 Å². The molecule has 0 spiro atoms. The third-order valence-corrected chi connectivity index (χ3v) is 3.97. The second kappa shape index (κ2) is 6.75. The van der Waals surface area contributed by atoms with Crippen LogP contribution in [-0.2, 0) is 6.61 Å². The first-order chi connectivity index (χ1) is 9.51. The minimum atomic E-state index is -0.484. The van der Waals surface area contributed by atoms with Crippen molar-refractivity contribution in [3.05, 3.63) is 49.2 Å². The zero-order chi connectivity index (χ0) is 14.7. The van der Waals surface area contributed by atoms with Crippen LogP contribution in [0.1, 0.15) is 16.3 Å². The van der Waals surface area contributed by atoms with Crippen LogP contribution in [0.4, 0.5) is 0 Å². The molecule has 0 radical (unpaired) electrons. The highest BCUT2D eigenvalue weighted by atomic mass is 79.9. The molecule has 3 N–H and O–H groups in total. The van der Waals surface area contributed by atoms with Crippen LogP contribution in [0.15, 0.2) is 42.1 Å². The van der Waals surface area contributed by atoms with Crippen molar-refractivity contribution >= 4 is 53.7 Å². The topological polar surface area (TPSA) is 77.5 Å². The van der Waals surface area contributed by atoms with E-state index in [0.717, 1.165) is 13.4 Å². The van der Waals surface area contributed by atoms with Gasteiger partial charge in [0.2, 0.25) is 0 Å². The van der Waals surface area contributed by atoms with E-state index in [9.17, 15) is 4.79 Å². The van der Waals surface area contributed by atoms with Crippen LogP contribution in [-0.4, -0.2) is 5.91 Å². The Kier molecular flexibility index (Phi) is 5.25. The first-order valence-electron chi connectivity index (χ1n) is 5.38. The van der Waals surface area contributed by atoms with E-state index < -0.39 is 5.91 Å².